The second kappa shape index (κ2) is 5.58. The molecule has 0 bridgehead atoms. The van der Waals surface area contributed by atoms with Gasteiger partial charge in [-0.2, -0.15) is 0 Å². The first-order valence-electron chi connectivity index (χ1n) is 4.85. The van der Waals surface area contributed by atoms with Gasteiger partial charge in [-0.3, -0.25) is 5.32 Å². The lowest BCUT2D eigenvalue weighted by molar-refractivity contribution is 0.0515. The number of thioether (sulfide) groups is 1. The SMILES string of the molecule is CCOC(=O)c1c(NC(N)=O)nc(SC)n1C. The Hall–Kier alpha value is -1.70. The summed E-state index contributed by atoms with van der Waals surface area (Å²) in [6.45, 7) is 1.94. The van der Waals surface area contributed by atoms with Crippen LogP contribution in [-0.2, 0) is 11.8 Å². The first-order chi connectivity index (χ1) is 8.01. The van der Waals surface area contributed by atoms with Crippen LogP contribution >= 0.6 is 11.8 Å². The minimum Gasteiger partial charge on any atom is -0.461 e. The second-order valence-corrected chi connectivity index (χ2v) is 3.84. The third-order valence-corrected chi connectivity index (χ3v) is 2.68. The van der Waals surface area contributed by atoms with Crippen molar-refractivity contribution in [1.82, 2.24) is 9.55 Å². The summed E-state index contributed by atoms with van der Waals surface area (Å²) < 4.78 is 6.44. The van der Waals surface area contributed by atoms with Gasteiger partial charge in [0.1, 0.15) is 0 Å². The fourth-order valence-corrected chi connectivity index (χ4v) is 1.85. The molecule has 0 spiro atoms. The Kier molecular flexibility index (Phi) is 4.38. The average Bonchev–Trinajstić information content (AvgIpc) is 2.54. The number of carbonyl (C=O) groups excluding carboxylic acids is 2. The van der Waals surface area contributed by atoms with E-state index in [9.17, 15) is 9.59 Å². The van der Waals surface area contributed by atoms with Crippen molar-refractivity contribution in [3.63, 3.8) is 0 Å². The van der Waals surface area contributed by atoms with Gasteiger partial charge < -0.3 is 15.0 Å². The number of primary amides is 1. The first-order valence-corrected chi connectivity index (χ1v) is 6.08. The van der Waals surface area contributed by atoms with Crippen molar-refractivity contribution in [3.05, 3.63) is 5.69 Å². The molecular formula is C9H14N4O3S. The van der Waals surface area contributed by atoms with Crippen LogP contribution in [0.15, 0.2) is 5.16 Å². The first kappa shape index (κ1) is 13.4. The Labute approximate surface area is 103 Å². The van der Waals surface area contributed by atoms with Crippen LogP contribution in [0.4, 0.5) is 10.6 Å². The Morgan fingerprint density at radius 1 is 1.59 bits per heavy atom. The highest BCUT2D eigenvalue weighted by Gasteiger charge is 2.22. The molecule has 7 nitrogen and oxygen atoms in total. The number of carbonyl (C=O) groups is 2. The topological polar surface area (TPSA) is 99.2 Å². The summed E-state index contributed by atoms with van der Waals surface area (Å²) in [4.78, 5) is 26.6. The van der Waals surface area contributed by atoms with Gasteiger partial charge in [-0.25, -0.2) is 14.6 Å². The van der Waals surface area contributed by atoms with Gasteiger partial charge in [0.2, 0.25) is 0 Å². The maximum Gasteiger partial charge on any atom is 0.358 e. The van der Waals surface area contributed by atoms with E-state index in [1.54, 1.807) is 18.5 Å². The Bertz CT molecular complexity index is 444. The Morgan fingerprint density at radius 3 is 2.71 bits per heavy atom. The van der Waals surface area contributed by atoms with Gasteiger partial charge >= 0.3 is 12.0 Å². The van der Waals surface area contributed by atoms with Crippen molar-refractivity contribution in [3.8, 4) is 0 Å². The third kappa shape index (κ3) is 2.90. The van der Waals surface area contributed by atoms with E-state index in [1.807, 2.05) is 6.26 Å². The van der Waals surface area contributed by atoms with Gasteiger partial charge in [-0.1, -0.05) is 11.8 Å². The van der Waals surface area contributed by atoms with Crippen LogP contribution in [0.5, 0.6) is 0 Å². The molecule has 17 heavy (non-hydrogen) atoms. The number of amides is 2. The quantitative estimate of drug-likeness (QED) is 0.615. The molecule has 0 radical (unpaired) electrons. The zero-order valence-corrected chi connectivity index (χ0v) is 10.6. The summed E-state index contributed by atoms with van der Waals surface area (Å²) >= 11 is 1.34. The third-order valence-electron chi connectivity index (χ3n) is 1.95. The van der Waals surface area contributed by atoms with Crippen molar-refractivity contribution in [2.45, 2.75) is 12.1 Å². The lowest BCUT2D eigenvalue weighted by Gasteiger charge is -2.05. The lowest BCUT2D eigenvalue weighted by Crippen LogP contribution is -2.22. The van der Waals surface area contributed by atoms with E-state index >= 15 is 0 Å². The molecule has 3 N–H and O–H groups in total. The van der Waals surface area contributed by atoms with Crippen LogP contribution in [0.3, 0.4) is 0 Å². The van der Waals surface area contributed by atoms with Crippen molar-refractivity contribution >= 4 is 29.6 Å². The lowest BCUT2D eigenvalue weighted by atomic mass is 10.4. The highest BCUT2D eigenvalue weighted by Crippen LogP contribution is 2.22. The van der Waals surface area contributed by atoms with E-state index in [0.29, 0.717) is 5.16 Å². The number of urea groups is 1. The van der Waals surface area contributed by atoms with Crippen molar-refractivity contribution in [1.29, 1.82) is 0 Å². The summed E-state index contributed by atoms with van der Waals surface area (Å²) in [5.74, 6) is -0.436. The predicted molar refractivity (Wildman–Crippen MR) is 64.2 cm³/mol. The molecule has 0 fully saturated rings. The van der Waals surface area contributed by atoms with Crippen molar-refractivity contribution < 1.29 is 14.3 Å². The van der Waals surface area contributed by atoms with E-state index in [0.717, 1.165) is 0 Å². The fourth-order valence-electron chi connectivity index (χ4n) is 1.30. The van der Waals surface area contributed by atoms with Gasteiger partial charge in [0.15, 0.2) is 16.7 Å². The zero-order valence-electron chi connectivity index (χ0n) is 9.81. The number of rotatable bonds is 4. The highest BCUT2D eigenvalue weighted by atomic mass is 32.2. The minimum absolute atomic E-state index is 0.114. The summed E-state index contributed by atoms with van der Waals surface area (Å²) in [5.41, 5.74) is 5.19. The standard InChI is InChI=1S/C9H14N4O3S/c1-4-16-7(14)5-6(11-8(10)15)12-9(17-3)13(5)2/h4H2,1-3H3,(H3,10,11,15). The molecule has 0 aliphatic heterocycles. The molecule has 0 aliphatic rings. The summed E-state index contributed by atoms with van der Waals surface area (Å²) in [6, 6.07) is -0.777. The highest BCUT2D eigenvalue weighted by molar-refractivity contribution is 7.98. The van der Waals surface area contributed by atoms with Crippen LogP contribution in [0.25, 0.3) is 0 Å². The monoisotopic (exact) mass is 258 g/mol. The number of aromatic nitrogens is 2. The van der Waals surface area contributed by atoms with Crippen LogP contribution < -0.4 is 11.1 Å². The number of imidazole rings is 1. The van der Waals surface area contributed by atoms with Crippen LogP contribution in [-0.4, -0.2) is 34.4 Å². The molecule has 0 aromatic carbocycles. The number of nitrogens with zero attached hydrogens (tertiary/aromatic N) is 2. The molecule has 2 amide bonds. The Morgan fingerprint density at radius 2 is 2.24 bits per heavy atom. The molecule has 1 aromatic rings. The number of esters is 1. The minimum atomic E-state index is -0.777. The number of hydrogen-bond acceptors (Lipinski definition) is 5. The fraction of sp³-hybridized carbons (Fsp3) is 0.444. The number of nitrogens with one attached hydrogen (secondary N) is 1. The Balaban J connectivity index is 3.18. The molecule has 0 atom stereocenters. The second-order valence-electron chi connectivity index (χ2n) is 3.06. The van der Waals surface area contributed by atoms with Crippen LogP contribution in [0.2, 0.25) is 0 Å². The van der Waals surface area contributed by atoms with E-state index < -0.39 is 12.0 Å². The molecule has 1 aromatic heterocycles. The van der Waals surface area contributed by atoms with Crippen LogP contribution in [0.1, 0.15) is 17.4 Å². The van der Waals surface area contributed by atoms with Gasteiger partial charge in [-0.15, -0.1) is 0 Å². The summed E-state index contributed by atoms with van der Waals surface area (Å²) in [7, 11) is 1.66. The number of nitrogens with two attached hydrogens (primary N) is 1. The zero-order chi connectivity index (χ0) is 13.0. The summed E-state index contributed by atoms with van der Waals surface area (Å²) in [6.07, 6.45) is 1.81. The van der Waals surface area contributed by atoms with Crippen molar-refractivity contribution in [2.24, 2.45) is 12.8 Å². The largest absolute Gasteiger partial charge is 0.461 e. The number of anilines is 1. The van der Waals surface area contributed by atoms with Gasteiger partial charge in [-0.05, 0) is 13.2 Å². The molecule has 94 valence electrons. The number of hydrogen-bond donors (Lipinski definition) is 2. The molecule has 8 heteroatoms. The van der Waals surface area contributed by atoms with Gasteiger partial charge in [0.05, 0.1) is 6.61 Å². The average molecular weight is 258 g/mol. The van der Waals surface area contributed by atoms with E-state index in [4.69, 9.17) is 10.5 Å². The maximum absolute atomic E-state index is 11.7. The molecule has 0 aliphatic carbocycles. The molecule has 1 rings (SSSR count). The maximum atomic E-state index is 11.7. The molecule has 0 saturated heterocycles. The molecule has 0 unspecified atom stereocenters. The van der Waals surface area contributed by atoms with Gasteiger partial charge in [0.25, 0.3) is 0 Å². The molecule has 1 heterocycles. The van der Waals surface area contributed by atoms with E-state index in [1.165, 1.54) is 11.8 Å². The number of ether oxygens (including phenoxy) is 1. The van der Waals surface area contributed by atoms with Crippen molar-refractivity contribution in [2.75, 3.05) is 18.2 Å². The van der Waals surface area contributed by atoms with Gasteiger partial charge in [0, 0.05) is 7.05 Å². The van der Waals surface area contributed by atoms with Crippen LogP contribution in [0, 0.1) is 0 Å². The predicted octanol–water partition coefficient (Wildman–Crippen LogP) is 0.809. The van der Waals surface area contributed by atoms with E-state index in [-0.39, 0.29) is 18.1 Å². The molecular weight excluding hydrogens is 244 g/mol. The molecule has 0 saturated carbocycles. The summed E-state index contributed by atoms with van der Waals surface area (Å²) in [5, 5.41) is 2.88. The smallest absolute Gasteiger partial charge is 0.358 e. The normalized spacial score (nSPS) is 10.1. The van der Waals surface area contributed by atoms with E-state index in [2.05, 4.69) is 10.3 Å².